The number of hydrogen-bond donors (Lipinski definition) is 1. The third kappa shape index (κ3) is 2.59. The minimum Gasteiger partial charge on any atom is -0.480 e. The van der Waals surface area contributed by atoms with Crippen molar-refractivity contribution in [3.8, 4) is 0 Å². The number of pyridine rings is 1. The van der Waals surface area contributed by atoms with Crippen LogP contribution in [0.4, 0.5) is 0 Å². The lowest BCUT2D eigenvalue weighted by Crippen LogP contribution is -2.52. The number of nitrogens with zero attached hydrogens (tertiary/aromatic N) is 3. The van der Waals surface area contributed by atoms with Gasteiger partial charge >= 0.3 is 5.97 Å². The summed E-state index contributed by atoms with van der Waals surface area (Å²) in [4.78, 5) is 30.9. The van der Waals surface area contributed by atoms with Gasteiger partial charge in [-0.05, 0) is 23.5 Å². The van der Waals surface area contributed by atoms with Crippen molar-refractivity contribution in [1.82, 2.24) is 13.9 Å². The number of carbonyl (C=O) groups excluding carboxylic acids is 1. The van der Waals surface area contributed by atoms with Crippen LogP contribution in [0.5, 0.6) is 0 Å². The van der Waals surface area contributed by atoms with Crippen LogP contribution in [0.25, 0.3) is 11.0 Å². The van der Waals surface area contributed by atoms with Crippen molar-refractivity contribution < 1.29 is 14.7 Å². The van der Waals surface area contributed by atoms with E-state index in [1.165, 1.54) is 14.0 Å². The lowest BCUT2D eigenvalue weighted by atomic mass is 9.84. The zero-order valence-electron chi connectivity index (χ0n) is 13.8. The van der Waals surface area contributed by atoms with E-state index in [1.54, 1.807) is 12.4 Å². The number of amides is 1. The van der Waals surface area contributed by atoms with E-state index in [-0.39, 0.29) is 5.91 Å². The molecule has 8 heteroatoms. The second-order valence-corrected chi connectivity index (χ2v) is 8.81. The fourth-order valence-corrected chi connectivity index (χ4v) is 4.57. The molecule has 1 amide bonds. The molecular weight excluding hydrogens is 441 g/mol. The summed E-state index contributed by atoms with van der Waals surface area (Å²) in [5.41, 5.74) is 2.66. The highest BCUT2D eigenvalue weighted by Crippen LogP contribution is 2.38. The molecule has 1 N–H and O–H groups in total. The Hall–Kier alpha value is -1.29. The SMILES string of the molecule is Cc1cnc2c3c(cn2SI)C(=O)N(C(C(=O)O)C(C)(C)C)Cc13. The molecule has 0 aliphatic carbocycles. The molecule has 0 bridgehead atoms. The Kier molecular flexibility index (Phi) is 4.31. The molecule has 24 heavy (non-hydrogen) atoms. The van der Waals surface area contributed by atoms with Gasteiger partial charge in [0.05, 0.1) is 5.56 Å². The van der Waals surface area contributed by atoms with Crippen molar-refractivity contribution in [1.29, 1.82) is 0 Å². The number of aliphatic carboxylic acids is 1. The molecule has 6 nitrogen and oxygen atoms in total. The maximum Gasteiger partial charge on any atom is 0.326 e. The van der Waals surface area contributed by atoms with Crippen LogP contribution in [0.1, 0.15) is 42.3 Å². The standard InChI is InChI=1S/C16H18IN3O3S/c1-8-5-18-13-11-9(8)6-19(12(15(22)23)16(2,3)4)14(21)10(11)7-20(13)24-17/h5,7,12H,6H2,1-4H3,(H,22,23). The van der Waals surface area contributed by atoms with E-state index in [9.17, 15) is 14.7 Å². The number of carboxylic acids is 1. The number of aromatic nitrogens is 2. The molecule has 1 aliphatic heterocycles. The fourth-order valence-electron chi connectivity index (χ4n) is 3.32. The number of aryl methyl sites for hydroxylation is 1. The topological polar surface area (TPSA) is 75.4 Å². The molecule has 1 unspecified atom stereocenters. The maximum atomic E-state index is 13.0. The Labute approximate surface area is 156 Å². The van der Waals surface area contributed by atoms with Gasteiger partial charge in [-0.1, -0.05) is 20.8 Å². The summed E-state index contributed by atoms with van der Waals surface area (Å²) < 4.78 is 1.85. The van der Waals surface area contributed by atoms with Crippen molar-refractivity contribution in [2.75, 3.05) is 0 Å². The molecule has 0 saturated carbocycles. The van der Waals surface area contributed by atoms with Gasteiger partial charge in [-0.15, -0.1) is 0 Å². The van der Waals surface area contributed by atoms with E-state index in [1.807, 2.05) is 31.7 Å². The Balaban J connectivity index is 2.22. The van der Waals surface area contributed by atoms with Crippen molar-refractivity contribution in [3.05, 3.63) is 29.1 Å². The normalized spacial score (nSPS) is 15.9. The molecule has 2 aromatic rings. The van der Waals surface area contributed by atoms with Crippen LogP contribution in [-0.4, -0.2) is 36.9 Å². The van der Waals surface area contributed by atoms with E-state index in [2.05, 4.69) is 26.2 Å². The van der Waals surface area contributed by atoms with Crippen LogP contribution >= 0.6 is 30.3 Å². The second kappa shape index (κ2) is 5.91. The third-order valence-electron chi connectivity index (χ3n) is 4.37. The van der Waals surface area contributed by atoms with Crippen LogP contribution in [0.15, 0.2) is 12.4 Å². The van der Waals surface area contributed by atoms with E-state index in [0.717, 1.165) is 22.2 Å². The predicted octanol–water partition coefficient (Wildman–Crippen LogP) is 3.65. The zero-order valence-corrected chi connectivity index (χ0v) is 16.8. The Morgan fingerprint density at radius 3 is 2.67 bits per heavy atom. The Morgan fingerprint density at radius 2 is 2.12 bits per heavy atom. The first-order chi connectivity index (χ1) is 11.2. The summed E-state index contributed by atoms with van der Waals surface area (Å²) >= 11 is 2.14. The third-order valence-corrected chi connectivity index (χ3v) is 6.07. The molecule has 0 radical (unpaired) electrons. The highest BCUT2D eigenvalue weighted by molar-refractivity contribution is 14.2. The Morgan fingerprint density at radius 1 is 1.46 bits per heavy atom. The predicted molar refractivity (Wildman–Crippen MR) is 102 cm³/mol. The molecule has 3 heterocycles. The van der Waals surface area contributed by atoms with E-state index >= 15 is 0 Å². The summed E-state index contributed by atoms with van der Waals surface area (Å²) in [6.07, 6.45) is 3.54. The smallest absolute Gasteiger partial charge is 0.326 e. The van der Waals surface area contributed by atoms with Crippen molar-refractivity contribution in [3.63, 3.8) is 0 Å². The van der Waals surface area contributed by atoms with Gasteiger partial charge in [0.1, 0.15) is 6.04 Å². The molecule has 1 aliphatic rings. The van der Waals surface area contributed by atoms with Crippen molar-refractivity contribution >= 4 is 53.2 Å². The van der Waals surface area contributed by atoms with E-state index in [4.69, 9.17) is 0 Å². The van der Waals surface area contributed by atoms with Gasteiger partial charge in [0.25, 0.3) is 5.91 Å². The summed E-state index contributed by atoms with van der Waals surface area (Å²) in [5, 5.41) is 10.6. The molecule has 0 saturated heterocycles. The fraction of sp³-hybridized carbons (Fsp3) is 0.438. The van der Waals surface area contributed by atoms with Crippen LogP contribution in [-0.2, 0) is 11.3 Å². The average molecular weight is 459 g/mol. The van der Waals surface area contributed by atoms with Gasteiger partial charge in [0.15, 0.2) is 5.65 Å². The lowest BCUT2D eigenvalue weighted by molar-refractivity contribution is -0.146. The number of carboxylic acid groups (broad SMARTS) is 1. The molecule has 128 valence electrons. The Bertz CT molecular complexity index is 856. The van der Waals surface area contributed by atoms with Gasteiger partial charge in [0, 0.05) is 54.6 Å². The summed E-state index contributed by atoms with van der Waals surface area (Å²) in [7, 11) is 1.44. The summed E-state index contributed by atoms with van der Waals surface area (Å²) in [6, 6.07) is -0.892. The molecule has 1 atom stereocenters. The number of rotatable bonds is 3. The first kappa shape index (κ1) is 17.5. The van der Waals surface area contributed by atoms with Gasteiger partial charge < -0.3 is 10.0 Å². The van der Waals surface area contributed by atoms with Gasteiger partial charge in [-0.3, -0.25) is 8.77 Å². The maximum absolute atomic E-state index is 13.0. The summed E-state index contributed by atoms with van der Waals surface area (Å²) in [5.74, 6) is -1.23. The molecule has 0 spiro atoms. The van der Waals surface area contributed by atoms with Gasteiger partial charge in [-0.25, -0.2) is 9.78 Å². The van der Waals surface area contributed by atoms with Crippen LogP contribution < -0.4 is 0 Å². The lowest BCUT2D eigenvalue weighted by Gasteiger charge is -2.39. The summed E-state index contributed by atoms with van der Waals surface area (Å²) in [6.45, 7) is 7.77. The highest BCUT2D eigenvalue weighted by Gasteiger charge is 2.42. The number of hydrogen-bond acceptors (Lipinski definition) is 4. The molecule has 0 aromatic carbocycles. The largest absolute Gasteiger partial charge is 0.480 e. The van der Waals surface area contributed by atoms with Gasteiger partial charge in [-0.2, -0.15) is 0 Å². The number of halogens is 1. The van der Waals surface area contributed by atoms with E-state index < -0.39 is 17.4 Å². The quantitative estimate of drug-likeness (QED) is 0.710. The zero-order chi connectivity index (χ0) is 17.8. The first-order valence-corrected chi connectivity index (χ1v) is 10.8. The average Bonchev–Trinajstić information content (AvgIpc) is 2.85. The van der Waals surface area contributed by atoms with Crippen molar-refractivity contribution in [2.24, 2.45) is 5.41 Å². The van der Waals surface area contributed by atoms with E-state index in [0.29, 0.717) is 12.1 Å². The van der Waals surface area contributed by atoms with Crippen molar-refractivity contribution in [2.45, 2.75) is 40.3 Å². The van der Waals surface area contributed by atoms with Crippen LogP contribution in [0, 0.1) is 12.3 Å². The minimum absolute atomic E-state index is 0.244. The molecular formula is C16H18IN3O3S. The van der Waals surface area contributed by atoms with Crippen LogP contribution in [0.2, 0.25) is 0 Å². The molecule has 2 aromatic heterocycles. The second-order valence-electron chi connectivity index (χ2n) is 7.10. The molecule has 0 fully saturated rings. The highest BCUT2D eigenvalue weighted by atomic mass is 127. The van der Waals surface area contributed by atoms with Gasteiger partial charge in [0.2, 0.25) is 0 Å². The minimum atomic E-state index is -0.982. The first-order valence-electron chi connectivity index (χ1n) is 7.49. The number of carbonyl (C=O) groups is 2. The van der Waals surface area contributed by atoms with Crippen LogP contribution in [0.3, 0.4) is 0 Å². The monoisotopic (exact) mass is 459 g/mol. The molecule has 3 rings (SSSR count).